The summed E-state index contributed by atoms with van der Waals surface area (Å²) < 4.78 is 24.3. The minimum Gasteiger partial charge on any atom is -0.277 e. The molecular formula is C12H20F2N2S. The fourth-order valence-corrected chi connectivity index (χ4v) is 0.834. The lowest BCUT2D eigenvalue weighted by atomic mass is 10.2. The van der Waals surface area contributed by atoms with Gasteiger partial charge in [-0.25, -0.2) is 8.78 Å². The molecule has 2 N–H and O–H groups in total. The van der Waals surface area contributed by atoms with Gasteiger partial charge in [-0.3, -0.25) is 10.1 Å². The number of nitrogens with zero attached hydrogens (tertiary/aromatic N) is 1. The Kier molecular flexibility index (Phi) is 7.30. The first kappa shape index (κ1) is 16.3. The Balaban J connectivity index is 0.000000366. The summed E-state index contributed by atoms with van der Waals surface area (Å²) in [4.78, 5) is 3.54. The highest BCUT2D eigenvalue weighted by molar-refractivity contribution is 7.98. The Morgan fingerprint density at radius 3 is 2.29 bits per heavy atom. The molecule has 0 fully saturated rings. The largest absolute Gasteiger partial charge is 0.280 e. The van der Waals surface area contributed by atoms with Crippen molar-refractivity contribution in [1.82, 2.24) is 4.98 Å². The van der Waals surface area contributed by atoms with E-state index in [1.54, 1.807) is 6.07 Å². The third-order valence-electron chi connectivity index (χ3n) is 1.83. The summed E-state index contributed by atoms with van der Waals surface area (Å²) in [5.74, 6) is 0. The van der Waals surface area contributed by atoms with E-state index < -0.39 is 6.43 Å². The molecule has 0 aliphatic carbocycles. The highest BCUT2D eigenvalue weighted by Gasteiger charge is 2.07. The van der Waals surface area contributed by atoms with E-state index in [9.17, 15) is 8.78 Å². The van der Waals surface area contributed by atoms with Crippen LogP contribution in [0.2, 0.25) is 0 Å². The molecule has 1 aromatic heterocycles. The van der Waals surface area contributed by atoms with Crippen molar-refractivity contribution in [2.24, 2.45) is 5.14 Å². The molecule has 98 valence electrons. The van der Waals surface area contributed by atoms with Crippen molar-refractivity contribution in [1.29, 1.82) is 0 Å². The molecule has 0 unspecified atom stereocenters. The lowest BCUT2D eigenvalue weighted by molar-refractivity contribution is 0.146. The van der Waals surface area contributed by atoms with E-state index in [1.807, 2.05) is 6.92 Å². The van der Waals surface area contributed by atoms with Gasteiger partial charge in [-0.15, -0.1) is 0 Å². The quantitative estimate of drug-likeness (QED) is 0.819. The van der Waals surface area contributed by atoms with Gasteiger partial charge in [0.05, 0.1) is 0 Å². The SMILES string of the molecule is CC(C)(C)SN.CCc1ccnc(C(F)F)c1. The molecule has 0 radical (unpaired) electrons. The van der Waals surface area contributed by atoms with Crippen LogP contribution in [0.1, 0.15) is 45.4 Å². The summed E-state index contributed by atoms with van der Waals surface area (Å²) in [5.41, 5.74) is 0.764. The van der Waals surface area contributed by atoms with Gasteiger partial charge in [0, 0.05) is 10.9 Å². The second-order valence-electron chi connectivity index (χ2n) is 4.47. The van der Waals surface area contributed by atoms with Crippen LogP contribution < -0.4 is 5.14 Å². The maximum Gasteiger partial charge on any atom is 0.280 e. The van der Waals surface area contributed by atoms with Gasteiger partial charge in [0.2, 0.25) is 0 Å². The number of aryl methyl sites for hydroxylation is 1. The molecule has 2 nitrogen and oxygen atoms in total. The smallest absolute Gasteiger partial charge is 0.277 e. The third kappa shape index (κ3) is 8.10. The normalized spacial score (nSPS) is 11.1. The summed E-state index contributed by atoms with van der Waals surface area (Å²) >= 11 is 1.38. The molecule has 0 saturated carbocycles. The van der Waals surface area contributed by atoms with Crippen LogP contribution in [0.4, 0.5) is 8.78 Å². The van der Waals surface area contributed by atoms with E-state index in [2.05, 4.69) is 25.8 Å². The number of hydrogen-bond donors (Lipinski definition) is 1. The maximum absolute atomic E-state index is 12.0. The van der Waals surface area contributed by atoms with Crippen molar-refractivity contribution in [3.63, 3.8) is 0 Å². The summed E-state index contributed by atoms with van der Waals surface area (Å²) in [6.07, 6.45) is -0.274. The summed E-state index contributed by atoms with van der Waals surface area (Å²) in [6.45, 7) is 8.16. The number of halogens is 2. The molecule has 0 saturated heterocycles. The van der Waals surface area contributed by atoms with Crippen molar-refractivity contribution in [3.8, 4) is 0 Å². The van der Waals surface area contributed by atoms with Crippen LogP contribution in [0, 0.1) is 0 Å². The van der Waals surface area contributed by atoms with Crippen LogP contribution in [-0.2, 0) is 6.42 Å². The second-order valence-corrected chi connectivity index (χ2v) is 5.93. The molecule has 17 heavy (non-hydrogen) atoms. The molecule has 0 amide bonds. The zero-order chi connectivity index (χ0) is 13.5. The van der Waals surface area contributed by atoms with Crippen molar-refractivity contribution in [3.05, 3.63) is 29.6 Å². The fourth-order valence-electron chi connectivity index (χ4n) is 0.834. The minimum absolute atomic E-state index is 0.135. The number of aromatic nitrogens is 1. The van der Waals surface area contributed by atoms with Gasteiger partial charge in [0.25, 0.3) is 6.43 Å². The maximum atomic E-state index is 12.0. The molecule has 0 spiro atoms. The molecule has 1 heterocycles. The predicted molar refractivity (Wildman–Crippen MR) is 70.1 cm³/mol. The number of pyridine rings is 1. The van der Waals surface area contributed by atoms with E-state index >= 15 is 0 Å². The lowest BCUT2D eigenvalue weighted by Crippen LogP contribution is -2.09. The topological polar surface area (TPSA) is 38.9 Å². The van der Waals surface area contributed by atoms with Crippen LogP contribution in [0.5, 0.6) is 0 Å². The predicted octanol–water partition coefficient (Wildman–Crippen LogP) is 3.97. The number of nitrogens with two attached hydrogens (primary N) is 1. The van der Waals surface area contributed by atoms with E-state index in [0.717, 1.165) is 12.0 Å². The Morgan fingerprint density at radius 1 is 1.41 bits per heavy atom. The number of alkyl halides is 2. The first-order valence-corrected chi connectivity index (χ1v) is 6.29. The first-order chi connectivity index (χ1) is 7.80. The standard InChI is InChI=1S/C8H9F2N.C4H11NS/c1-2-6-3-4-11-7(5-6)8(9)10;1-4(2,3)6-5/h3-5,8H,2H2,1H3;5H2,1-3H3. The fraction of sp³-hybridized carbons (Fsp3) is 0.583. The van der Waals surface area contributed by atoms with Gasteiger partial charge in [0.15, 0.2) is 0 Å². The highest BCUT2D eigenvalue weighted by Crippen LogP contribution is 2.16. The van der Waals surface area contributed by atoms with E-state index in [-0.39, 0.29) is 10.4 Å². The molecule has 0 aromatic carbocycles. The molecule has 5 heteroatoms. The van der Waals surface area contributed by atoms with Crippen LogP contribution in [0.15, 0.2) is 18.3 Å². The number of hydrogen-bond acceptors (Lipinski definition) is 3. The van der Waals surface area contributed by atoms with Gasteiger partial charge in [-0.2, -0.15) is 0 Å². The van der Waals surface area contributed by atoms with Gasteiger partial charge >= 0.3 is 0 Å². The zero-order valence-electron chi connectivity index (χ0n) is 10.7. The molecule has 1 aromatic rings. The Labute approximate surface area is 106 Å². The van der Waals surface area contributed by atoms with Crippen molar-refractivity contribution in [2.75, 3.05) is 0 Å². The van der Waals surface area contributed by atoms with Crippen molar-refractivity contribution < 1.29 is 8.78 Å². The Hall–Kier alpha value is -0.680. The van der Waals surface area contributed by atoms with Gasteiger partial charge in [-0.05, 0) is 44.9 Å². The van der Waals surface area contributed by atoms with Gasteiger partial charge in [-0.1, -0.05) is 18.9 Å². The van der Waals surface area contributed by atoms with Gasteiger partial charge < -0.3 is 0 Å². The van der Waals surface area contributed by atoms with E-state index in [0.29, 0.717) is 0 Å². The summed E-state index contributed by atoms with van der Waals surface area (Å²) in [7, 11) is 0. The third-order valence-corrected chi connectivity index (χ3v) is 2.54. The highest BCUT2D eigenvalue weighted by atomic mass is 32.2. The van der Waals surface area contributed by atoms with Crippen LogP contribution in [-0.4, -0.2) is 9.73 Å². The van der Waals surface area contributed by atoms with Crippen molar-refractivity contribution >= 4 is 11.9 Å². The molecule has 0 aliphatic heterocycles. The minimum atomic E-state index is -2.46. The monoisotopic (exact) mass is 262 g/mol. The molecule has 0 aliphatic rings. The average Bonchev–Trinajstić information content (AvgIpc) is 2.29. The zero-order valence-corrected chi connectivity index (χ0v) is 11.5. The van der Waals surface area contributed by atoms with Crippen LogP contribution in [0.3, 0.4) is 0 Å². The Morgan fingerprint density at radius 2 is 1.94 bits per heavy atom. The summed E-state index contributed by atoms with van der Waals surface area (Å²) in [6, 6.07) is 3.18. The van der Waals surface area contributed by atoms with E-state index in [4.69, 9.17) is 5.14 Å². The van der Waals surface area contributed by atoms with Crippen molar-refractivity contribution in [2.45, 2.75) is 45.3 Å². The van der Waals surface area contributed by atoms with E-state index in [1.165, 1.54) is 24.2 Å². The second kappa shape index (κ2) is 7.61. The Bertz CT molecular complexity index is 325. The summed E-state index contributed by atoms with van der Waals surface area (Å²) in [5, 5.41) is 5.22. The van der Waals surface area contributed by atoms with Gasteiger partial charge in [0.1, 0.15) is 5.69 Å². The average molecular weight is 262 g/mol. The lowest BCUT2D eigenvalue weighted by Gasteiger charge is -2.11. The number of rotatable bonds is 2. The first-order valence-electron chi connectivity index (χ1n) is 5.41. The molecule has 1 rings (SSSR count). The molecule has 0 atom stereocenters. The van der Waals surface area contributed by atoms with Crippen LogP contribution in [0.25, 0.3) is 0 Å². The van der Waals surface area contributed by atoms with Crippen LogP contribution >= 0.6 is 11.9 Å². The molecular weight excluding hydrogens is 242 g/mol. The molecule has 0 bridgehead atoms.